The normalized spacial score (nSPS) is 26.9. The quantitative estimate of drug-likeness (QED) is 0.834. The number of nitrogens with zero attached hydrogens (tertiary/aromatic N) is 2. The number of hydrogen-bond donors (Lipinski definition) is 1. The van der Waals surface area contributed by atoms with Gasteiger partial charge in [-0.15, -0.1) is 0 Å². The molecule has 2 atom stereocenters. The molecule has 0 radical (unpaired) electrons. The van der Waals surface area contributed by atoms with Gasteiger partial charge in [-0.1, -0.05) is 6.92 Å². The van der Waals surface area contributed by atoms with Gasteiger partial charge in [0.2, 0.25) is 15.7 Å². The Kier molecular flexibility index (Phi) is 5.27. The summed E-state index contributed by atoms with van der Waals surface area (Å²) in [5.41, 5.74) is -2.22. The van der Waals surface area contributed by atoms with E-state index in [1.165, 1.54) is 28.6 Å². The molecule has 0 spiro atoms. The molecule has 2 saturated heterocycles. The molecule has 2 heterocycles. The number of rotatable bonds is 4. The fourth-order valence-electron chi connectivity index (χ4n) is 3.59. The molecule has 0 aliphatic carbocycles. The van der Waals surface area contributed by atoms with E-state index in [9.17, 15) is 22.4 Å². The molecule has 1 N–H and O–H groups in total. The van der Waals surface area contributed by atoms with Gasteiger partial charge < -0.3 is 10.0 Å². The van der Waals surface area contributed by atoms with Crippen molar-refractivity contribution in [1.82, 2.24) is 9.21 Å². The number of carboxylic acids is 1. The van der Waals surface area contributed by atoms with Crippen molar-refractivity contribution in [2.24, 2.45) is 5.92 Å². The van der Waals surface area contributed by atoms with Gasteiger partial charge in [0.15, 0.2) is 0 Å². The summed E-state index contributed by atoms with van der Waals surface area (Å²) in [7, 11) is -3.62. The van der Waals surface area contributed by atoms with Crippen LogP contribution in [0.15, 0.2) is 29.2 Å². The highest BCUT2D eigenvalue weighted by Crippen LogP contribution is 2.28. The number of benzene rings is 1. The van der Waals surface area contributed by atoms with E-state index >= 15 is 0 Å². The van der Waals surface area contributed by atoms with Gasteiger partial charge in [-0.2, -0.15) is 4.31 Å². The number of hydrogen-bond acceptors (Lipinski definition) is 4. The summed E-state index contributed by atoms with van der Waals surface area (Å²) < 4.78 is 41.1. The van der Waals surface area contributed by atoms with E-state index in [-0.39, 0.29) is 23.4 Å². The van der Waals surface area contributed by atoms with Crippen LogP contribution in [-0.4, -0.2) is 66.5 Å². The molecular weight excluding hydrogens is 375 g/mol. The Morgan fingerprint density at radius 2 is 1.89 bits per heavy atom. The molecule has 9 heteroatoms. The number of piperidine rings is 1. The summed E-state index contributed by atoms with van der Waals surface area (Å²) in [4.78, 5) is 24.7. The topological polar surface area (TPSA) is 95.0 Å². The van der Waals surface area contributed by atoms with Crippen molar-refractivity contribution in [2.45, 2.75) is 36.8 Å². The average molecular weight is 398 g/mol. The molecule has 1 aromatic rings. The number of carbonyl (C=O) groups is 2. The van der Waals surface area contributed by atoms with E-state index in [4.69, 9.17) is 5.11 Å². The predicted molar refractivity (Wildman–Crippen MR) is 95.6 cm³/mol. The molecule has 7 nitrogen and oxygen atoms in total. The molecule has 0 saturated carbocycles. The lowest BCUT2D eigenvalue weighted by molar-refractivity contribution is -0.149. The summed E-state index contributed by atoms with van der Waals surface area (Å²) >= 11 is 0. The average Bonchev–Trinajstić information content (AvgIpc) is 3.05. The van der Waals surface area contributed by atoms with Crippen molar-refractivity contribution in [1.29, 1.82) is 0 Å². The lowest BCUT2D eigenvalue weighted by Gasteiger charge is -2.30. The predicted octanol–water partition coefficient (Wildman–Crippen LogP) is 1.75. The minimum atomic E-state index is -3.62. The minimum absolute atomic E-state index is 0.00729. The van der Waals surface area contributed by atoms with Crippen LogP contribution in [0, 0.1) is 5.92 Å². The third kappa shape index (κ3) is 3.84. The number of sulfonamides is 1. The van der Waals surface area contributed by atoms with Crippen molar-refractivity contribution in [3.63, 3.8) is 0 Å². The van der Waals surface area contributed by atoms with E-state index in [2.05, 4.69) is 0 Å². The Hall–Kier alpha value is -2.00. The maximum Gasteiger partial charge on any atom is 0.343 e. The van der Waals surface area contributed by atoms with Gasteiger partial charge in [0.1, 0.15) is 0 Å². The van der Waals surface area contributed by atoms with Crippen LogP contribution in [-0.2, 0) is 14.8 Å². The second-order valence-corrected chi connectivity index (χ2v) is 9.32. The fourth-order valence-corrected chi connectivity index (χ4v) is 5.18. The van der Waals surface area contributed by atoms with E-state index in [0.717, 1.165) is 17.7 Å². The second-order valence-electron chi connectivity index (χ2n) is 7.38. The molecule has 2 fully saturated rings. The van der Waals surface area contributed by atoms with Crippen molar-refractivity contribution < 1.29 is 27.5 Å². The van der Waals surface area contributed by atoms with Gasteiger partial charge in [-0.05, 0) is 43.0 Å². The van der Waals surface area contributed by atoms with Gasteiger partial charge in [-0.25, -0.2) is 17.6 Å². The van der Waals surface area contributed by atoms with Crippen LogP contribution in [0.25, 0.3) is 0 Å². The number of likely N-dealkylation sites (tertiary alicyclic amines) is 1. The number of halogens is 1. The van der Waals surface area contributed by atoms with E-state index < -0.39 is 34.1 Å². The molecule has 0 bridgehead atoms. The van der Waals surface area contributed by atoms with E-state index in [0.29, 0.717) is 19.0 Å². The Morgan fingerprint density at radius 3 is 2.44 bits per heavy atom. The summed E-state index contributed by atoms with van der Waals surface area (Å²) in [5.74, 6) is -1.78. The highest BCUT2D eigenvalue weighted by Gasteiger charge is 2.47. The monoisotopic (exact) mass is 398 g/mol. The number of carboxylic acid groups (broad SMARTS) is 1. The number of alkyl halides is 1. The first-order valence-electron chi connectivity index (χ1n) is 8.95. The van der Waals surface area contributed by atoms with Crippen LogP contribution in [0.4, 0.5) is 4.39 Å². The highest BCUT2D eigenvalue weighted by atomic mass is 32.2. The summed E-state index contributed by atoms with van der Waals surface area (Å²) in [6.45, 7) is 2.47. The third-order valence-corrected chi connectivity index (χ3v) is 7.13. The zero-order valence-corrected chi connectivity index (χ0v) is 15.9. The maximum absolute atomic E-state index is 14.1. The third-order valence-electron chi connectivity index (χ3n) is 5.25. The Bertz CT molecular complexity index is 842. The van der Waals surface area contributed by atoms with Crippen LogP contribution in [0.2, 0.25) is 0 Å². The van der Waals surface area contributed by atoms with E-state index in [1.807, 2.05) is 6.92 Å². The zero-order valence-electron chi connectivity index (χ0n) is 15.1. The Balaban J connectivity index is 1.74. The van der Waals surface area contributed by atoms with Gasteiger partial charge in [0.05, 0.1) is 11.4 Å². The lowest BCUT2D eigenvalue weighted by Crippen LogP contribution is -2.39. The fraction of sp³-hybridized carbons (Fsp3) is 0.556. The SMILES string of the molecule is CC1CCCN(S(=O)(=O)c2ccc(C(=O)N3CCC(F)(C(=O)O)C3)cc2)C1. The van der Waals surface area contributed by atoms with E-state index in [1.54, 1.807) is 0 Å². The molecule has 1 amide bonds. The van der Waals surface area contributed by atoms with Crippen LogP contribution in [0.3, 0.4) is 0 Å². The standard InChI is InChI=1S/C18H23FN2O5S/c1-13-3-2-9-21(11-13)27(25,26)15-6-4-14(5-7-15)16(22)20-10-8-18(19,12-20)17(23)24/h4-7,13H,2-3,8-12H2,1H3,(H,23,24). The first-order valence-corrected chi connectivity index (χ1v) is 10.4. The summed E-state index contributed by atoms with van der Waals surface area (Å²) in [6, 6.07) is 5.53. The molecule has 27 heavy (non-hydrogen) atoms. The van der Waals surface area contributed by atoms with Crippen LogP contribution < -0.4 is 0 Å². The molecule has 3 rings (SSSR count). The van der Waals surface area contributed by atoms with Gasteiger partial charge in [0, 0.05) is 31.6 Å². The Labute approximate surface area is 157 Å². The molecule has 148 valence electrons. The minimum Gasteiger partial charge on any atom is -0.479 e. The lowest BCUT2D eigenvalue weighted by atomic mass is 10.0. The second kappa shape index (κ2) is 7.20. The first kappa shape index (κ1) is 19.8. The summed E-state index contributed by atoms with van der Waals surface area (Å²) in [5, 5.41) is 8.93. The first-order chi connectivity index (χ1) is 12.6. The smallest absolute Gasteiger partial charge is 0.343 e. The van der Waals surface area contributed by atoms with Gasteiger partial charge >= 0.3 is 5.97 Å². The van der Waals surface area contributed by atoms with Crippen LogP contribution in [0.5, 0.6) is 0 Å². The maximum atomic E-state index is 14.1. The van der Waals surface area contributed by atoms with Crippen LogP contribution in [0.1, 0.15) is 36.5 Å². The number of carbonyl (C=O) groups excluding carboxylic acids is 1. The molecule has 2 aliphatic heterocycles. The zero-order chi connectivity index (χ0) is 19.8. The van der Waals surface area contributed by atoms with Crippen molar-refractivity contribution >= 4 is 21.9 Å². The number of aliphatic carboxylic acids is 1. The molecule has 0 aromatic heterocycles. The molecule has 2 unspecified atom stereocenters. The largest absolute Gasteiger partial charge is 0.479 e. The highest BCUT2D eigenvalue weighted by molar-refractivity contribution is 7.89. The van der Waals surface area contributed by atoms with Crippen molar-refractivity contribution in [2.75, 3.05) is 26.2 Å². The molecule has 1 aromatic carbocycles. The Morgan fingerprint density at radius 1 is 1.22 bits per heavy atom. The molecular formula is C18H23FN2O5S. The van der Waals surface area contributed by atoms with Gasteiger partial charge in [-0.3, -0.25) is 4.79 Å². The van der Waals surface area contributed by atoms with Crippen molar-refractivity contribution in [3.05, 3.63) is 29.8 Å². The van der Waals surface area contributed by atoms with Crippen LogP contribution >= 0.6 is 0 Å². The summed E-state index contributed by atoms with van der Waals surface area (Å²) in [6.07, 6.45) is 1.57. The molecule has 2 aliphatic rings. The van der Waals surface area contributed by atoms with Gasteiger partial charge in [0.25, 0.3) is 5.91 Å². The number of amides is 1. The van der Waals surface area contributed by atoms with Crippen molar-refractivity contribution in [3.8, 4) is 0 Å².